The van der Waals surface area contributed by atoms with E-state index in [-0.39, 0.29) is 20.4 Å². The van der Waals surface area contributed by atoms with Crippen LogP contribution in [-0.4, -0.2) is 11.3 Å². The number of halogens is 1. The molecule has 0 spiro atoms. The maximum Gasteiger partial charge on any atom is 0.0669 e. The average Bonchev–Trinajstić information content (AvgIpc) is 2.57. The molecule has 1 aromatic carbocycles. The van der Waals surface area contributed by atoms with Gasteiger partial charge in [-0.1, -0.05) is 31.8 Å². The Labute approximate surface area is 168 Å². The van der Waals surface area contributed by atoms with Gasteiger partial charge in [0.15, 0.2) is 0 Å². The van der Waals surface area contributed by atoms with Crippen LogP contribution in [0.25, 0.3) is 0 Å². The zero-order valence-corrected chi connectivity index (χ0v) is 18.4. The van der Waals surface area contributed by atoms with E-state index >= 15 is 0 Å². The molecule has 0 N–H and O–H groups in total. The first-order valence-corrected chi connectivity index (χ1v) is 12.0. The summed E-state index contributed by atoms with van der Waals surface area (Å²) in [7, 11) is -1.39. The maximum atomic E-state index is 6.75. The van der Waals surface area contributed by atoms with Crippen molar-refractivity contribution in [3.63, 3.8) is 0 Å². The molecule has 0 saturated heterocycles. The van der Waals surface area contributed by atoms with Crippen LogP contribution in [0.15, 0.2) is 18.2 Å². The minimum Gasteiger partial charge on any atom is -0.304 e. The van der Waals surface area contributed by atoms with Crippen molar-refractivity contribution in [1.29, 1.82) is 0 Å². The van der Waals surface area contributed by atoms with Crippen molar-refractivity contribution in [2.75, 3.05) is 0 Å². The largest absolute Gasteiger partial charge is 0.304 e. The first-order valence-electron chi connectivity index (χ1n) is 9.58. The second-order valence-corrected chi connectivity index (χ2v) is 12.3. The molecule has 0 nitrogen and oxygen atoms in total. The van der Waals surface area contributed by atoms with E-state index in [2.05, 4.69) is 37.7 Å². The molecule has 0 heterocycles. The fourth-order valence-electron chi connectivity index (χ4n) is 5.13. The molecule has 3 rings (SSSR count). The molecular weight excluding hydrogens is 425 g/mol. The summed E-state index contributed by atoms with van der Waals surface area (Å²) in [6.07, 6.45) is 14.1. The molecular formula is C21H32ClPPd. The Balaban J connectivity index is 0.00000208. The van der Waals surface area contributed by atoms with E-state index in [4.69, 9.17) is 11.6 Å². The van der Waals surface area contributed by atoms with Crippen molar-refractivity contribution in [3.05, 3.63) is 34.9 Å². The van der Waals surface area contributed by atoms with Crippen molar-refractivity contribution in [2.24, 2.45) is 0 Å². The summed E-state index contributed by atoms with van der Waals surface area (Å²) >= 11 is 6.75. The first kappa shape index (κ1) is 20.9. The molecule has 1 aromatic rings. The Bertz CT molecular complexity index is 480. The zero-order valence-electron chi connectivity index (χ0n) is 15.2. The second kappa shape index (κ2) is 9.51. The third-order valence-corrected chi connectivity index (χ3v) is 12.1. The first-order chi connectivity index (χ1) is 11.2. The molecule has 2 saturated carbocycles. The number of hydrogen-bond acceptors (Lipinski definition) is 0. The van der Waals surface area contributed by atoms with Gasteiger partial charge < -0.3 is 11.6 Å². The summed E-state index contributed by atoms with van der Waals surface area (Å²) in [5.41, 5.74) is 6.73. The third-order valence-electron chi connectivity index (χ3n) is 6.17. The predicted octanol–water partition coefficient (Wildman–Crippen LogP) is 6.97. The number of benzene rings is 1. The Morgan fingerprint density at radius 2 is 1.21 bits per heavy atom. The molecule has 0 atom stereocenters. The van der Waals surface area contributed by atoms with Crippen LogP contribution in [0.1, 0.15) is 75.3 Å². The van der Waals surface area contributed by atoms with Gasteiger partial charge >= 0.3 is 0 Å². The molecule has 0 radical (unpaired) electrons. The summed E-state index contributed by atoms with van der Waals surface area (Å²) in [6.45, 7) is 4.50. The Hall–Kier alpha value is 0.602. The quantitative estimate of drug-likeness (QED) is 0.260. The van der Waals surface area contributed by atoms with Crippen molar-refractivity contribution in [2.45, 2.75) is 89.4 Å². The predicted molar refractivity (Wildman–Crippen MR) is 106 cm³/mol. The van der Waals surface area contributed by atoms with Crippen molar-refractivity contribution >= 4 is 24.2 Å². The second-order valence-electron chi connectivity index (χ2n) is 7.86. The van der Waals surface area contributed by atoms with Crippen LogP contribution < -0.4 is 5.30 Å². The Morgan fingerprint density at radius 3 is 1.58 bits per heavy atom. The van der Waals surface area contributed by atoms with Gasteiger partial charge in [0.25, 0.3) is 0 Å². The minimum absolute atomic E-state index is 0. The zero-order chi connectivity index (χ0) is 16.3. The summed E-state index contributed by atoms with van der Waals surface area (Å²) in [4.78, 5) is 0. The third kappa shape index (κ3) is 4.29. The molecule has 0 unspecified atom stereocenters. The molecule has 0 aliphatic heterocycles. The monoisotopic (exact) mass is 456 g/mol. The summed E-state index contributed by atoms with van der Waals surface area (Å²) in [5, 5.41) is 1.61. The van der Waals surface area contributed by atoms with Crippen LogP contribution in [0.4, 0.5) is 0 Å². The van der Waals surface area contributed by atoms with Gasteiger partial charge in [0.1, 0.15) is 0 Å². The van der Waals surface area contributed by atoms with Crippen LogP contribution >= 0.6 is 18.9 Å². The Kier molecular flexibility index (Phi) is 8.29. The SMILES string of the molecule is Cc1cc(C)cc([P+]([CH-]Cl)(C2CCCCC2)C2CCCCC2)c1.[Pd]. The maximum absolute atomic E-state index is 6.75. The van der Waals surface area contributed by atoms with Gasteiger partial charge in [0.2, 0.25) is 0 Å². The van der Waals surface area contributed by atoms with E-state index in [1.165, 1.54) is 75.3 Å². The fourth-order valence-corrected chi connectivity index (χ4v) is 11.6. The van der Waals surface area contributed by atoms with Crippen molar-refractivity contribution in [1.82, 2.24) is 0 Å². The normalized spacial score (nSPS) is 20.6. The van der Waals surface area contributed by atoms with Crippen LogP contribution in [-0.2, 0) is 20.4 Å². The van der Waals surface area contributed by atoms with Crippen molar-refractivity contribution in [3.8, 4) is 0 Å². The fraction of sp³-hybridized carbons (Fsp3) is 0.667. The molecule has 24 heavy (non-hydrogen) atoms. The number of hydrogen-bond donors (Lipinski definition) is 0. The van der Waals surface area contributed by atoms with Crippen LogP contribution in [0.2, 0.25) is 0 Å². The van der Waals surface area contributed by atoms with E-state index in [0.29, 0.717) is 0 Å². The average molecular weight is 457 g/mol. The number of aryl methyl sites for hydroxylation is 2. The van der Waals surface area contributed by atoms with Gasteiger partial charge in [0, 0.05) is 31.7 Å². The topological polar surface area (TPSA) is 0 Å². The van der Waals surface area contributed by atoms with Gasteiger partial charge in [-0.05, 0) is 88.5 Å². The van der Waals surface area contributed by atoms with Gasteiger partial charge in [-0.15, -0.1) is 0 Å². The summed E-state index contributed by atoms with van der Waals surface area (Å²) < 4.78 is 0. The molecule has 2 aliphatic carbocycles. The Morgan fingerprint density at radius 1 is 0.792 bits per heavy atom. The van der Waals surface area contributed by atoms with Gasteiger partial charge in [-0.2, -0.15) is 0 Å². The minimum atomic E-state index is -1.39. The molecule has 2 aliphatic rings. The molecule has 0 amide bonds. The van der Waals surface area contributed by atoms with E-state index < -0.39 is 7.26 Å². The molecule has 0 aromatic heterocycles. The summed E-state index contributed by atoms with van der Waals surface area (Å²) in [6, 6.07) is 7.26. The summed E-state index contributed by atoms with van der Waals surface area (Å²) in [5.74, 6) is 0. The van der Waals surface area contributed by atoms with Crippen LogP contribution in [0.5, 0.6) is 0 Å². The molecule has 138 valence electrons. The van der Waals surface area contributed by atoms with E-state index in [9.17, 15) is 0 Å². The molecule has 2 fully saturated rings. The number of rotatable bonds is 4. The van der Waals surface area contributed by atoms with Gasteiger partial charge in [-0.25, -0.2) is 0 Å². The standard InChI is InChI=1S/C21H32ClP.Pd/c1-17-13-18(2)15-21(14-17)23(16-22,19-9-5-3-6-10-19)20-11-7-4-8-12-20;/h13-16,19-20H,3-12H2,1-2H3;. The smallest absolute Gasteiger partial charge is 0.0669 e. The van der Waals surface area contributed by atoms with Gasteiger partial charge in [0.05, 0.1) is 5.30 Å². The molecule has 3 heteroatoms. The molecule has 0 bridgehead atoms. The van der Waals surface area contributed by atoms with Gasteiger partial charge in [-0.3, -0.25) is 0 Å². The van der Waals surface area contributed by atoms with E-state index in [0.717, 1.165) is 11.3 Å². The van der Waals surface area contributed by atoms with Crippen LogP contribution in [0.3, 0.4) is 0 Å². The van der Waals surface area contributed by atoms with Crippen LogP contribution in [0, 0.1) is 19.5 Å². The van der Waals surface area contributed by atoms with E-state index in [1.807, 2.05) is 0 Å². The van der Waals surface area contributed by atoms with Crippen molar-refractivity contribution < 1.29 is 20.4 Å². The van der Waals surface area contributed by atoms with E-state index in [1.54, 1.807) is 5.30 Å².